The number of imide groups is 1. The summed E-state index contributed by atoms with van der Waals surface area (Å²) < 4.78 is 5.38. The fourth-order valence-corrected chi connectivity index (χ4v) is 2.06. The summed E-state index contributed by atoms with van der Waals surface area (Å²) in [7, 11) is 1.64. The summed E-state index contributed by atoms with van der Waals surface area (Å²) in [5.74, 6) is -0.121. The highest BCUT2D eigenvalue weighted by atomic mass is 35.5. The van der Waals surface area contributed by atoms with Crippen molar-refractivity contribution >= 4 is 23.5 Å². The molecule has 1 N–H and O–H groups in total. The molecular weight excluding hydrogens is 244 g/mol. The minimum atomic E-state index is -0.358. The number of hydrogen-bond donors (Lipinski definition) is 1. The minimum absolute atomic E-state index is 0.155. The molecule has 1 atom stereocenters. The van der Waals surface area contributed by atoms with Gasteiger partial charge in [-0.15, -0.1) is 11.6 Å². The number of nitrogens with zero attached hydrogens (tertiary/aromatic N) is 1. The maximum Gasteiger partial charge on any atom is 0.324 e. The predicted octanol–water partition coefficient (Wildman–Crippen LogP) is 1.35. The van der Waals surface area contributed by atoms with Gasteiger partial charge >= 0.3 is 6.03 Å². The fraction of sp³-hybridized carbons (Fsp3) is 0.818. The lowest BCUT2D eigenvalue weighted by atomic mass is 9.95. The van der Waals surface area contributed by atoms with Crippen molar-refractivity contribution in [3.05, 3.63) is 0 Å². The summed E-state index contributed by atoms with van der Waals surface area (Å²) in [6.07, 6.45) is 1.95. The number of alkyl halides is 1. The number of nitrogens with one attached hydrogen (secondary N) is 1. The Labute approximate surface area is 106 Å². The van der Waals surface area contributed by atoms with Crippen molar-refractivity contribution in [2.45, 2.75) is 31.8 Å². The van der Waals surface area contributed by atoms with Gasteiger partial charge < -0.3 is 9.64 Å². The van der Waals surface area contributed by atoms with Gasteiger partial charge in [-0.1, -0.05) is 0 Å². The third kappa shape index (κ3) is 4.16. The zero-order chi connectivity index (χ0) is 12.9. The molecule has 0 saturated carbocycles. The van der Waals surface area contributed by atoms with Gasteiger partial charge in [-0.2, -0.15) is 0 Å². The normalized spacial score (nSPS) is 24.5. The van der Waals surface area contributed by atoms with Gasteiger partial charge in [0.1, 0.15) is 0 Å². The van der Waals surface area contributed by atoms with Gasteiger partial charge in [0.05, 0.1) is 12.1 Å². The Balaban J connectivity index is 2.49. The molecule has 5 nitrogen and oxygen atoms in total. The van der Waals surface area contributed by atoms with Crippen LogP contribution < -0.4 is 5.32 Å². The molecule has 0 aromatic heterocycles. The van der Waals surface area contributed by atoms with Gasteiger partial charge in [0.15, 0.2) is 0 Å². The first kappa shape index (κ1) is 14.3. The average molecular weight is 263 g/mol. The van der Waals surface area contributed by atoms with Crippen LogP contribution in [0.15, 0.2) is 0 Å². The molecule has 1 saturated heterocycles. The third-order valence-electron chi connectivity index (χ3n) is 3.01. The molecule has 0 aromatic rings. The van der Waals surface area contributed by atoms with Crippen molar-refractivity contribution in [1.29, 1.82) is 0 Å². The fourth-order valence-electron chi connectivity index (χ4n) is 1.89. The minimum Gasteiger partial charge on any atom is -0.377 e. The molecule has 3 amide bonds. The molecule has 98 valence electrons. The molecule has 1 aliphatic rings. The van der Waals surface area contributed by atoms with E-state index in [1.807, 2.05) is 6.92 Å². The van der Waals surface area contributed by atoms with Crippen LogP contribution in [0.4, 0.5) is 4.79 Å². The lowest BCUT2D eigenvalue weighted by Gasteiger charge is -2.39. The van der Waals surface area contributed by atoms with E-state index in [2.05, 4.69) is 5.32 Å². The topological polar surface area (TPSA) is 58.6 Å². The summed E-state index contributed by atoms with van der Waals surface area (Å²) in [5, 5.41) is 2.32. The van der Waals surface area contributed by atoms with Crippen LogP contribution in [0.2, 0.25) is 0 Å². The van der Waals surface area contributed by atoms with Crippen molar-refractivity contribution in [2.24, 2.45) is 0 Å². The smallest absolute Gasteiger partial charge is 0.324 e. The number of carbonyl (C=O) groups is 2. The molecule has 0 bridgehead atoms. The molecule has 0 aliphatic carbocycles. The Kier molecular flexibility index (Phi) is 5.21. The van der Waals surface area contributed by atoms with E-state index in [4.69, 9.17) is 16.3 Å². The van der Waals surface area contributed by atoms with Gasteiger partial charge in [0.2, 0.25) is 5.91 Å². The van der Waals surface area contributed by atoms with Crippen molar-refractivity contribution in [1.82, 2.24) is 10.2 Å². The van der Waals surface area contributed by atoms with E-state index in [9.17, 15) is 9.59 Å². The maximum absolute atomic E-state index is 11.8. The van der Waals surface area contributed by atoms with Crippen LogP contribution in [0.5, 0.6) is 0 Å². The van der Waals surface area contributed by atoms with Crippen LogP contribution in [-0.4, -0.2) is 48.5 Å². The highest BCUT2D eigenvalue weighted by Crippen LogP contribution is 2.23. The van der Waals surface area contributed by atoms with Crippen LogP contribution in [0, 0.1) is 0 Å². The Bertz CT molecular complexity index is 298. The summed E-state index contributed by atoms with van der Waals surface area (Å²) >= 11 is 5.43. The number of urea groups is 1. The van der Waals surface area contributed by atoms with E-state index in [-0.39, 0.29) is 29.8 Å². The molecule has 1 heterocycles. The first-order valence-corrected chi connectivity index (χ1v) is 6.24. The van der Waals surface area contributed by atoms with Crippen LogP contribution in [-0.2, 0) is 9.53 Å². The molecular formula is C11H19ClN2O3. The monoisotopic (exact) mass is 262 g/mol. The second-order valence-electron chi connectivity index (χ2n) is 4.47. The van der Waals surface area contributed by atoms with Gasteiger partial charge in [-0.05, 0) is 19.8 Å². The number of likely N-dealkylation sites (tertiary alicyclic amines) is 1. The molecule has 1 aliphatic heterocycles. The Morgan fingerprint density at radius 1 is 1.53 bits per heavy atom. The average Bonchev–Trinajstić information content (AvgIpc) is 2.29. The van der Waals surface area contributed by atoms with Gasteiger partial charge in [0, 0.05) is 26.0 Å². The molecule has 1 fully saturated rings. The largest absolute Gasteiger partial charge is 0.377 e. The van der Waals surface area contributed by atoms with Gasteiger partial charge in [0.25, 0.3) is 0 Å². The second-order valence-corrected chi connectivity index (χ2v) is 4.85. The van der Waals surface area contributed by atoms with E-state index in [0.717, 1.165) is 12.8 Å². The number of piperidine rings is 1. The quantitative estimate of drug-likeness (QED) is 0.781. The SMILES string of the molecule is COC1(C)CCCN(C(=O)NC(=O)CCCl)C1. The van der Waals surface area contributed by atoms with Crippen LogP contribution in [0.1, 0.15) is 26.2 Å². The van der Waals surface area contributed by atoms with Crippen molar-refractivity contribution in [2.75, 3.05) is 26.1 Å². The number of halogens is 1. The lowest BCUT2D eigenvalue weighted by molar-refractivity contribution is -0.120. The van der Waals surface area contributed by atoms with E-state index in [1.54, 1.807) is 12.0 Å². The predicted molar refractivity (Wildman–Crippen MR) is 65.1 cm³/mol. The van der Waals surface area contributed by atoms with Crippen molar-refractivity contribution in [3.63, 3.8) is 0 Å². The van der Waals surface area contributed by atoms with Gasteiger partial charge in [-0.3, -0.25) is 10.1 Å². The lowest BCUT2D eigenvalue weighted by Crippen LogP contribution is -2.53. The van der Waals surface area contributed by atoms with Crippen molar-refractivity contribution < 1.29 is 14.3 Å². The molecule has 17 heavy (non-hydrogen) atoms. The molecule has 0 spiro atoms. The number of methoxy groups -OCH3 is 1. The molecule has 0 radical (unpaired) electrons. The number of carbonyl (C=O) groups excluding carboxylic acids is 2. The summed E-state index contributed by atoms with van der Waals surface area (Å²) in [6, 6.07) is -0.358. The molecule has 1 unspecified atom stereocenters. The number of hydrogen-bond acceptors (Lipinski definition) is 3. The van der Waals surface area contributed by atoms with Gasteiger partial charge in [-0.25, -0.2) is 4.79 Å². The van der Waals surface area contributed by atoms with Crippen LogP contribution >= 0.6 is 11.6 Å². The highest BCUT2D eigenvalue weighted by molar-refractivity contribution is 6.19. The van der Waals surface area contributed by atoms with E-state index in [1.165, 1.54) is 0 Å². The van der Waals surface area contributed by atoms with Crippen molar-refractivity contribution in [3.8, 4) is 0 Å². The second kappa shape index (κ2) is 6.21. The highest BCUT2D eigenvalue weighted by Gasteiger charge is 2.33. The summed E-state index contributed by atoms with van der Waals surface area (Å²) in [6.45, 7) is 3.12. The number of amides is 3. The van der Waals surface area contributed by atoms with Crippen LogP contribution in [0.25, 0.3) is 0 Å². The Morgan fingerprint density at radius 2 is 2.24 bits per heavy atom. The third-order valence-corrected chi connectivity index (χ3v) is 3.20. The zero-order valence-electron chi connectivity index (χ0n) is 10.3. The summed E-state index contributed by atoms with van der Waals surface area (Å²) in [5.41, 5.74) is -0.314. The Hall–Kier alpha value is -0.810. The Morgan fingerprint density at radius 3 is 2.82 bits per heavy atom. The molecule has 0 aromatic carbocycles. The first-order valence-electron chi connectivity index (χ1n) is 5.70. The standard InChI is InChI=1S/C11H19ClN2O3/c1-11(17-2)5-3-7-14(8-11)10(16)13-9(15)4-6-12/h3-8H2,1-2H3,(H,13,15,16). The van der Waals surface area contributed by atoms with E-state index in [0.29, 0.717) is 13.1 Å². The van der Waals surface area contributed by atoms with E-state index < -0.39 is 0 Å². The number of ether oxygens (including phenoxy) is 1. The maximum atomic E-state index is 11.8. The number of rotatable bonds is 3. The van der Waals surface area contributed by atoms with E-state index >= 15 is 0 Å². The molecule has 6 heteroatoms. The summed E-state index contributed by atoms with van der Waals surface area (Å²) in [4.78, 5) is 24.6. The van der Waals surface area contributed by atoms with Crippen LogP contribution in [0.3, 0.4) is 0 Å². The molecule has 1 rings (SSSR count). The first-order chi connectivity index (χ1) is 8.00. The zero-order valence-corrected chi connectivity index (χ0v) is 11.0.